The molecule has 0 spiro atoms. The predicted molar refractivity (Wildman–Crippen MR) is 80.2 cm³/mol. The Morgan fingerprint density at radius 3 is 2.87 bits per heavy atom. The molecular formula is C15H19NO6S. The van der Waals surface area contributed by atoms with Gasteiger partial charge >= 0.3 is 11.9 Å². The van der Waals surface area contributed by atoms with Gasteiger partial charge in [-0.25, -0.2) is 9.78 Å². The molecule has 5 atom stereocenters. The number of carboxylic acids is 1. The van der Waals surface area contributed by atoms with Crippen LogP contribution < -0.4 is 0 Å². The quantitative estimate of drug-likeness (QED) is 0.802. The van der Waals surface area contributed by atoms with Crippen molar-refractivity contribution in [2.24, 2.45) is 11.8 Å². The zero-order valence-corrected chi connectivity index (χ0v) is 13.5. The summed E-state index contributed by atoms with van der Waals surface area (Å²) in [6.07, 6.45) is 1.45. The molecule has 1 aromatic heterocycles. The van der Waals surface area contributed by atoms with Crippen molar-refractivity contribution in [3.8, 4) is 0 Å². The van der Waals surface area contributed by atoms with Crippen molar-refractivity contribution < 1.29 is 29.3 Å². The fourth-order valence-corrected chi connectivity index (χ4v) is 4.49. The van der Waals surface area contributed by atoms with E-state index in [1.54, 1.807) is 0 Å². The number of carboxylic acid groups (broad SMARTS) is 1. The Kier molecular flexibility index (Phi) is 4.65. The number of carbonyl (C=O) groups excluding carboxylic acids is 1. The molecule has 2 N–H and O–H groups in total. The summed E-state index contributed by atoms with van der Waals surface area (Å²) in [4.78, 5) is 26.3. The zero-order valence-electron chi connectivity index (χ0n) is 12.7. The molecule has 23 heavy (non-hydrogen) atoms. The number of aliphatic hydroxyl groups is 1. The molecule has 0 radical (unpaired) electrons. The van der Waals surface area contributed by atoms with E-state index in [9.17, 15) is 14.7 Å². The summed E-state index contributed by atoms with van der Waals surface area (Å²) >= 11 is 1.28. The molecule has 1 saturated carbocycles. The number of hydrogen-bond donors (Lipinski definition) is 2. The largest absolute Gasteiger partial charge is 0.476 e. The van der Waals surface area contributed by atoms with Crippen molar-refractivity contribution in [2.45, 2.75) is 44.5 Å². The van der Waals surface area contributed by atoms with Crippen molar-refractivity contribution in [1.29, 1.82) is 0 Å². The van der Waals surface area contributed by atoms with Gasteiger partial charge in [0.15, 0.2) is 5.69 Å². The topological polar surface area (TPSA) is 106 Å². The number of aromatic carboxylic acids is 1. The molecule has 1 saturated heterocycles. The summed E-state index contributed by atoms with van der Waals surface area (Å²) in [5, 5.41) is 20.8. The minimum atomic E-state index is -1.04. The van der Waals surface area contributed by atoms with Crippen LogP contribution >= 0.6 is 11.3 Å². The molecule has 126 valence electrons. The fraction of sp³-hybridized carbons (Fsp3) is 0.667. The van der Waals surface area contributed by atoms with Gasteiger partial charge < -0.3 is 19.7 Å². The minimum Gasteiger partial charge on any atom is -0.476 e. The molecule has 0 aromatic carbocycles. The van der Waals surface area contributed by atoms with Crippen LogP contribution in [-0.2, 0) is 14.3 Å². The lowest BCUT2D eigenvalue weighted by Crippen LogP contribution is -2.32. The molecule has 1 aliphatic carbocycles. The highest BCUT2D eigenvalue weighted by molar-refractivity contribution is 7.09. The van der Waals surface area contributed by atoms with Gasteiger partial charge in [0.1, 0.15) is 17.2 Å². The zero-order chi connectivity index (χ0) is 16.6. The van der Waals surface area contributed by atoms with Crippen LogP contribution in [0.25, 0.3) is 0 Å². The van der Waals surface area contributed by atoms with Gasteiger partial charge in [0.25, 0.3) is 0 Å². The van der Waals surface area contributed by atoms with Crippen LogP contribution in [0.2, 0.25) is 0 Å². The van der Waals surface area contributed by atoms with Gasteiger partial charge in [-0.05, 0) is 18.8 Å². The highest BCUT2D eigenvalue weighted by atomic mass is 32.1. The van der Waals surface area contributed by atoms with Crippen LogP contribution in [0.1, 0.15) is 47.8 Å². The van der Waals surface area contributed by atoms with Gasteiger partial charge in [0, 0.05) is 31.2 Å². The van der Waals surface area contributed by atoms with Crippen molar-refractivity contribution in [2.75, 3.05) is 6.61 Å². The van der Waals surface area contributed by atoms with E-state index in [1.165, 1.54) is 23.6 Å². The van der Waals surface area contributed by atoms with E-state index < -0.39 is 5.97 Å². The first-order valence-electron chi connectivity index (χ1n) is 7.61. The molecular weight excluding hydrogens is 322 g/mol. The fourth-order valence-electron chi connectivity index (χ4n) is 3.63. The lowest BCUT2D eigenvalue weighted by atomic mass is 9.87. The molecule has 0 bridgehead atoms. The molecule has 1 aliphatic heterocycles. The van der Waals surface area contributed by atoms with Crippen molar-refractivity contribution in [3.05, 3.63) is 16.1 Å². The molecule has 8 heteroatoms. The SMILES string of the molecule is CC(=O)O[C@@H]1C[C@@H]2O[C@@H](c3nc(C(=O)O)cs3)CC[C@@H]2[C@H]1CO. The molecule has 7 nitrogen and oxygen atoms in total. The van der Waals surface area contributed by atoms with Gasteiger partial charge in [-0.1, -0.05) is 0 Å². The predicted octanol–water partition coefficient (Wildman–Crippen LogP) is 1.62. The normalized spacial score (nSPS) is 33.2. The Morgan fingerprint density at radius 1 is 1.48 bits per heavy atom. The van der Waals surface area contributed by atoms with Gasteiger partial charge in [0.2, 0.25) is 0 Å². The van der Waals surface area contributed by atoms with Crippen molar-refractivity contribution in [3.63, 3.8) is 0 Å². The van der Waals surface area contributed by atoms with Gasteiger partial charge in [0.05, 0.1) is 6.10 Å². The molecule has 2 fully saturated rings. The minimum absolute atomic E-state index is 0.0342. The van der Waals surface area contributed by atoms with E-state index >= 15 is 0 Å². The number of hydrogen-bond acceptors (Lipinski definition) is 7. The summed E-state index contributed by atoms with van der Waals surface area (Å²) in [6.45, 7) is 1.33. The Labute approximate surface area is 137 Å². The third kappa shape index (κ3) is 3.24. The first-order valence-corrected chi connectivity index (χ1v) is 8.49. The Hall–Kier alpha value is -1.51. The number of carbonyl (C=O) groups is 2. The maximum absolute atomic E-state index is 11.2. The number of aromatic nitrogens is 1. The van der Waals surface area contributed by atoms with Gasteiger partial charge in [-0.2, -0.15) is 0 Å². The van der Waals surface area contributed by atoms with E-state index in [-0.39, 0.29) is 48.4 Å². The second kappa shape index (κ2) is 6.54. The Balaban J connectivity index is 1.70. The van der Waals surface area contributed by atoms with Crippen LogP contribution in [0.5, 0.6) is 0 Å². The number of rotatable bonds is 4. The van der Waals surface area contributed by atoms with Gasteiger partial charge in [-0.15, -0.1) is 11.3 Å². The Morgan fingerprint density at radius 2 is 2.26 bits per heavy atom. The highest BCUT2D eigenvalue weighted by Gasteiger charge is 2.48. The summed E-state index contributed by atoms with van der Waals surface area (Å²) in [7, 11) is 0. The number of ether oxygens (including phenoxy) is 2. The third-order valence-corrected chi connectivity index (χ3v) is 5.55. The van der Waals surface area contributed by atoms with Crippen molar-refractivity contribution >= 4 is 23.3 Å². The number of thiazole rings is 1. The van der Waals surface area contributed by atoms with Crippen LogP contribution in [0.3, 0.4) is 0 Å². The maximum atomic E-state index is 11.2. The van der Waals surface area contributed by atoms with Crippen LogP contribution in [0.15, 0.2) is 5.38 Å². The summed E-state index contributed by atoms with van der Waals surface area (Å²) in [5.41, 5.74) is 0.0353. The molecule has 3 rings (SSSR count). The lowest BCUT2D eigenvalue weighted by Gasteiger charge is -2.33. The number of esters is 1. The smallest absolute Gasteiger partial charge is 0.355 e. The second-order valence-corrected chi connectivity index (χ2v) is 6.90. The second-order valence-electron chi connectivity index (χ2n) is 6.01. The number of aliphatic hydroxyl groups excluding tert-OH is 1. The average Bonchev–Trinajstić information content (AvgIpc) is 3.09. The maximum Gasteiger partial charge on any atom is 0.355 e. The third-order valence-electron chi connectivity index (χ3n) is 4.62. The Bertz CT molecular complexity index is 603. The molecule has 0 unspecified atom stereocenters. The first kappa shape index (κ1) is 16.4. The lowest BCUT2D eigenvalue weighted by molar-refractivity contribution is -0.149. The monoisotopic (exact) mass is 341 g/mol. The average molecular weight is 341 g/mol. The van der Waals surface area contributed by atoms with E-state index in [0.29, 0.717) is 11.4 Å². The van der Waals surface area contributed by atoms with E-state index in [2.05, 4.69) is 4.98 Å². The summed E-state index contributed by atoms with van der Waals surface area (Å²) in [5.74, 6) is -1.35. The molecule has 1 aromatic rings. The standard InChI is InChI=1S/C15H19NO6S/c1-7(18)21-13-4-12-8(9(13)5-17)2-3-11(22-12)14-16-10(6-23-14)15(19)20/h6,8-9,11-13,17H,2-5H2,1H3,(H,19,20)/t8-,9-,11-,12+,13-/m1/s1. The van der Waals surface area contributed by atoms with Crippen LogP contribution in [-0.4, -0.2) is 46.0 Å². The van der Waals surface area contributed by atoms with E-state index in [1.807, 2.05) is 0 Å². The van der Waals surface area contributed by atoms with E-state index in [0.717, 1.165) is 12.8 Å². The summed E-state index contributed by atoms with van der Waals surface area (Å²) < 4.78 is 11.4. The number of fused-ring (bicyclic) bond motifs is 1. The molecule has 0 amide bonds. The molecule has 2 heterocycles. The highest BCUT2D eigenvalue weighted by Crippen LogP contribution is 2.46. The summed E-state index contributed by atoms with van der Waals surface area (Å²) in [6, 6.07) is 0. The first-order chi connectivity index (χ1) is 11.0. The number of nitrogens with zero attached hydrogens (tertiary/aromatic N) is 1. The van der Waals surface area contributed by atoms with Crippen LogP contribution in [0, 0.1) is 11.8 Å². The van der Waals surface area contributed by atoms with Crippen LogP contribution in [0.4, 0.5) is 0 Å². The van der Waals surface area contributed by atoms with E-state index in [4.69, 9.17) is 14.6 Å². The molecule has 2 aliphatic rings. The van der Waals surface area contributed by atoms with Crippen molar-refractivity contribution in [1.82, 2.24) is 4.98 Å². The van der Waals surface area contributed by atoms with Gasteiger partial charge in [-0.3, -0.25) is 4.79 Å².